The number of nitrogen functional groups attached to an aromatic ring is 1. The lowest BCUT2D eigenvalue weighted by atomic mass is 9.91. The van der Waals surface area contributed by atoms with Crippen LogP contribution in [0.15, 0.2) is 35.3 Å². The van der Waals surface area contributed by atoms with Gasteiger partial charge in [0.15, 0.2) is 11.2 Å². The average molecular weight is 661 g/mol. The highest BCUT2D eigenvalue weighted by molar-refractivity contribution is 8.14. The first kappa shape index (κ1) is 35.3. The fourth-order valence-electron chi connectivity index (χ4n) is 4.36. The molecule has 0 spiro atoms. The van der Waals surface area contributed by atoms with Crippen LogP contribution in [-0.4, -0.2) is 63.7 Å². The zero-order valence-corrected chi connectivity index (χ0v) is 26.8. The monoisotopic (exact) mass is 660 g/mol. The molecule has 1 aromatic carbocycles. The molecule has 0 aliphatic heterocycles. The average Bonchev–Trinajstić information content (AvgIpc) is 2.96. The van der Waals surface area contributed by atoms with Crippen molar-refractivity contribution in [2.24, 2.45) is 5.73 Å². The Bertz CT molecular complexity index is 1620. The first-order valence-corrected chi connectivity index (χ1v) is 15.4. The minimum absolute atomic E-state index is 0.0519. The van der Waals surface area contributed by atoms with Crippen molar-refractivity contribution < 1.29 is 28.5 Å². The van der Waals surface area contributed by atoms with Crippen molar-refractivity contribution in [2.45, 2.75) is 76.3 Å². The van der Waals surface area contributed by atoms with Gasteiger partial charge in [-0.3, -0.25) is 24.2 Å². The Morgan fingerprint density at radius 1 is 1.13 bits per heavy atom. The van der Waals surface area contributed by atoms with Crippen molar-refractivity contribution in [3.8, 4) is 0 Å². The number of rotatable bonds is 15. The number of aliphatic carboxylic acids is 1. The number of carboxylic acid groups (broad SMARTS) is 1. The van der Waals surface area contributed by atoms with Crippen molar-refractivity contribution in [1.82, 2.24) is 25.3 Å². The summed E-state index contributed by atoms with van der Waals surface area (Å²) in [6, 6.07) is 4.97. The van der Waals surface area contributed by atoms with Gasteiger partial charge < -0.3 is 31.4 Å². The highest BCUT2D eigenvalue weighted by Gasteiger charge is 2.35. The Hall–Kier alpha value is -4.22. The highest BCUT2D eigenvalue weighted by atomic mass is 32.2. The molecule has 15 nitrogen and oxygen atoms in total. The molecule has 0 aliphatic rings. The van der Waals surface area contributed by atoms with Gasteiger partial charge >= 0.3 is 5.97 Å². The van der Waals surface area contributed by atoms with Crippen LogP contribution in [0.2, 0.25) is 0 Å². The zero-order chi connectivity index (χ0) is 33.4. The number of carboxylic acids is 1. The zero-order valence-electron chi connectivity index (χ0n) is 25.2. The van der Waals surface area contributed by atoms with Crippen LogP contribution in [0.25, 0.3) is 11.2 Å². The minimum Gasteiger partial charge on any atom is -0.480 e. The molecular weight excluding hydrogens is 624 g/mol. The summed E-state index contributed by atoms with van der Waals surface area (Å²) in [5.41, 5.74) is 11.1. The van der Waals surface area contributed by atoms with Gasteiger partial charge in [-0.2, -0.15) is 4.98 Å². The van der Waals surface area contributed by atoms with Gasteiger partial charge in [-0.25, -0.2) is 14.8 Å². The van der Waals surface area contributed by atoms with E-state index >= 15 is 0 Å². The molecule has 8 N–H and O–H groups in total. The van der Waals surface area contributed by atoms with Crippen LogP contribution in [0.4, 0.5) is 16.4 Å². The number of carbonyl (C=O) groups is 4. The maximum Gasteiger partial charge on any atom is 0.326 e. The summed E-state index contributed by atoms with van der Waals surface area (Å²) >= 11 is 1.63. The van der Waals surface area contributed by atoms with Crippen LogP contribution in [0, 0.1) is 0 Å². The largest absolute Gasteiger partial charge is 0.480 e. The number of benzene rings is 1. The quantitative estimate of drug-likeness (QED) is 0.128. The molecule has 17 heteroatoms. The Kier molecular flexibility index (Phi) is 11.9. The number of hydrogen-bond donors (Lipinski definition) is 6. The molecule has 2 heterocycles. The fourth-order valence-corrected chi connectivity index (χ4v) is 5.95. The Labute approximate surface area is 267 Å². The Morgan fingerprint density at radius 2 is 1.82 bits per heavy atom. The van der Waals surface area contributed by atoms with Gasteiger partial charge in [0.05, 0.1) is 36.1 Å². The van der Waals surface area contributed by atoms with Crippen LogP contribution in [0.1, 0.15) is 69.4 Å². The molecule has 242 valence electrons. The number of aromatic amines is 1. The number of thioether (sulfide) groups is 1. The van der Waals surface area contributed by atoms with Crippen molar-refractivity contribution in [3.63, 3.8) is 0 Å². The predicted octanol–water partition coefficient (Wildman–Crippen LogP) is 3.21. The number of primary amides is 1. The first-order chi connectivity index (χ1) is 21.1. The van der Waals surface area contributed by atoms with E-state index in [-0.39, 0.29) is 42.1 Å². The third-order valence-electron chi connectivity index (χ3n) is 6.61. The van der Waals surface area contributed by atoms with E-state index in [1.807, 2.05) is 27.7 Å². The van der Waals surface area contributed by atoms with E-state index in [1.165, 1.54) is 18.3 Å². The summed E-state index contributed by atoms with van der Waals surface area (Å²) in [6.45, 7) is 7.66. The second kappa shape index (κ2) is 15.2. The number of nitrogens with zero attached hydrogens (tertiary/aromatic N) is 3. The number of fused-ring (bicyclic) bond motifs is 1. The van der Waals surface area contributed by atoms with Gasteiger partial charge in [0, 0.05) is 22.4 Å². The third-order valence-corrected chi connectivity index (χ3v) is 8.38. The molecule has 0 bridgehead atoms. The summed E-state index contributed by atoms with van der Waals surface area (Å²) in [7, 11) is 0. The van der Waals surface area contributed by atoms with Crippen LogP contribution in [-0.2, 0) is 20.3 Å². The minimum atomic E-state index is -1.30. The van der Waals surface area contributed by atoms with E-state index in [1.54, 1.807) is 12.1 Å². The third kappa shape index (κ3) is 10.7. The molecule has 2 amide bonds. The molecule has 0 saturated carbocycles. The Balaban J connectivity index is 1.51. The second-order valence-electron chi connectivity index (χ2n) is 11.0. The van der Waals surface area contributed by atoms with Crippen molar-refractivity contribution in [1.29, 1.82) is 0 Å². The molecular formula is C28H36N8O7S2. The van der Waals surface area contributed by atoms with Gasteiger partial charge in [-0.15, -0.1) is 0 Å². The number of hydrogen-bond acceptors (Lipinski definition) is 13. The second-order valence-corrected chi connectivity index (χ2v) is 13.5. The number of aromatic nitrogens is 4. The van der Waals surface area contributed by atoms with Crippen LogP contribution < -0.4 is 27.7 Å². The van der Waals surface area contributed by atoms with Crippen LogP contribution in [0.3, 0.4) is 0 Å². The topological polar surface area (TPSA) is 245 Å². The number of amides is 2. The number of nitrogens with one attached hydrogen (secondary N) is 3. The summed E-state index contributed by atoms with van der Waals surface area (Å²) in [5.74, 6) is -1.96. The summed E-state index contributed by atoms with van der Waals surface area (Å²) in [4.78, 5) is 75.2. The van der Waals surface area contributed by atoms with Crippen LogP contribution in [0.5, 0.6) is 0 Å². The molecule has 0 saturated heterocycles. The number of nitrogens with two attached hydrogens (primary N) is 2. The SMILES string of the molecule is CCC(C)(CC(C)(C)SC(N)=O)OSC(=O)CCC(NC(=O)c1ccc(NCc2cnc3nc(N)[nH]c(=O)c3n2)cc1)C(=O)O. The maximum atomic E-state index is 12.8. The molecule has 0 fully saturated rings. The van der Waals surface area contributed by atoms with E-state index in [0.29, 0.717) is 36.3 Å². The maximum absolute atomic E-state index is 12.8. The van der Waals surface area contributed by atoms with Gasteiger partial charge in [-0.05, 0) is 50.5 Å². The number of carbonyl (C=O) groups excluding carboxylic acids is 3. The molecule has 2 unspecified atom stereocenters. The summed E-state index contributed by atoms with van der Waals surface area (Å²) < 4.78 is 5.30. The fraction of sp³-hybridized carbons (Fsp3) is 0.429. The first-order valence-electron chi connectivity index (χ1n) is 13.9. The Morgan fingerprint density at radius 3 is 2.44 bits per heavy atom. The standard InChI is InChI=1S/C28H36N8O7S2/c1-5-28(4,14-27(2,3)44-26(30)42)43-45-19(37)11-10-18(24(40)41)34-22(38)15-6-8-16(9-7-15)31-12-17-13-32-21-20(33-17)23(39)36-25(29)35-21/h6-9,13,18,31H,5,10-12,14H2,1-4H3,(H2,30,42)(H,34,38)(H,40,41)(H3,29,32,35,36,39). The van der Waals surface area contributed by atoms with E-state index in [4.69, 9.17) is 15.7 Å². The van der Waals surface area contributed by atoms with Crippen molar-refractivity contribution in [2.75, 3.05) is 11.1 Å². The van der Waals surface area contributed by atoms with Gasteiger partial charge in [0.1, 0.15) is 6.04 Å². The molecule has 2 atom stereocenters. The number of H-pyrrole nitrogens is 1. The normalized spacial score (nSPS) is 13.5. The van der Waals surface area contributed by atoms with Gasteiger partial charge in [0.25, 0.3) is 16.7 Å². The molecule has 0 aliphatic carbocycles. The molecule has 2 aromatic heterocycles. The lowest BCUT2D eigenvalue weighted by Crippen LogP contribution is -2.41. The summed E-state index contributed by atoms with van der Waals surface area (Å²) in [5, 5.41) is 14.3. The van der Waals surface area contributed by atoms with Gasteiger partial charge in [-0.1, -0.05) is 32.5 Å². The molecule has 45 heavy (non-hydrogen) atoms. The molecule has 3 rings (SSSR count). The van der Waals surface area contributed by atoms with E-state index < -0.39 is 44.2 Å². The van der Waals surface area contributed by atoms with Crippen molar-refractivity contribution >= 4 is 68.8 Å². The lowest BCUT2D eigenvalue weighted by Gasteiger charge is -2.34. The van der Waals surface area contributed by atoms with E-state index in [0.717, 1.165) is 11.8 Å². The van der Waals surface area contributed by atoms with E-state index in [9.17, 15) is 29.1 Å². The number of anilines is 2. The predicted molar refractivity (Wildman–Crippen MR) is 173 cm³/mol. The van der Waals surface area contributed by atoms with Gasteiger partial charge in [0.2, 0.25) is 11.1 Å². The van der Waals surface area contributed by atoms with E-state index in [2.05, 4.69) is 30.6 Å². The molecule has 3 aromatic rings. The summed E-state index contributed by atoms with van der Waals surface area (Å²) in [6.07, 6.45) is 2.17. The van der Waals surface area contributed by atoms with Crippen LogP contribution >= 0.6 is 23.8 Å². The molecule has 0 radical (unpaired) electrons. The highest BCUT2D eigenvalue weighted by Crippen LogP contribution is 2.38. The lowest BCUT2D eigenvalue weighted by molar-refractivity contribution is -0.139. The van der Waals surface area contributed by atoms with Crippen molar-refractivity contribution in [3.05, 3.63) is 52.1 Å². The smallest absolute Gasteiger partial charge is 0.326 e.